The van der Waals surface area contributed by atoms with Gasteiger partial charge in [0, 0.05) is 44.8 Å². The van der Waals surface area contributed by atoms with E-state index in [1.54, 1.807) is 24.6 Å². The molecule has 0 aromatic carbocycles. The van der Waals surface area contributed by atoms with Crippen LogP contribution in [0.3, 0.4) is 0 Å². The van der Waals surface area contributed by atoms with Crippen LogP contribution in [0.4, 0.5) is 5.82 Å². The fraction of sp³-hybridized carbons (Fsp3) is 0.267. The van der Waals surface area contributed by atoms with E-state index in [4.69, 9.17) is 0 Å². The van der Waals surface area contributed by atoms with Gasteiger partial charge in [0.15, 0.2) is 5.03 Å². The number of nitrogens with zero attached hydrogens (tertiary/aromatic N) is 5. The maximum absolute atomic E-state index is 12.2. The molecule has 3 rings (SSSR count). The largest absolute Gasteiger partial charge is 0.369 e. The Bertz CT molecular complexity index is 929. The number of aromatic nitrogens is 5. The molecule has 3 aromatic rings. The van der Waals surface area contributed by atoms with Gasteiger partial charge < -0.3 is 14.5 Å². The summed E-state index contributed by atoms with van der Waals surface area (Å²) in [6.07, 6.45) is 6.71. The molecule has 3 aromatic heterocycles. The number of rotatable bonds is 7. The third kappa shape index (κ3) is 4.03. The summed E-state index contributed by atoms with van der Waals surface area (Å²) in [6, 6.07) is 5.60. The van der Waals surface area contributed by atoms with Gasteiger partial charge in [0.05, 0.1) is 0 Å². The van der Waals surface area contributed by atoms with Crippen LogP contribution in [0.15, 0.2) is 48.1 Å². The van der Waals surface area contributed by atoms with E-state index in [0.717, 1.165) is 5.82 Å². The van der Waals surface area contributed by atoms with Crippen molar-refractivity contribution in [1.29, 1.82) is 0 Å². The lowest BCUT2D eigenvalue weighted by atomic mass is 10.5. The lowest BCUT2D eigenvalue weighted by molar-refractivity contribution is 0.579. The molecule has 0 amide bonds. The van der Waals surface area contributed by atoms with Crippen molar-refractivity contribution in [2.45, 2.75) is 11.9 Å². The molecule has 9 nitrogen and oxygen atoms in total. The van der Waals surface area contributed by atoms with Crippen molar-refractivity contribution in [2.24, 2.45) is 7.05 Å². The highest BCUT2D eigenvalue weighted by Crippen LogP contribution is 2.09. The first-order valence-electron chi connectivity index (χ1n) is 7.64. The normalized spacial score (nSPS) is 11.6. The Kier molecular flexibility index (Phi) is 4.81. The molecule has 0 aliphatic carbocycles. The SMILES string of the molecule is Cc1nc(S(=O)(=O)NCCNc2cc(-n3cccc3)ncn2)cn1C. The maximum Gasteiger partial charge on any atom is 0.259 e. The van der Waals surface area contributed by atoms with Crippen LogP contribution in [0.5, 0.6) is 0 Å². The highest BCUT2D eigenvalue weighted by molar-refractivity contribution is 7.89. The summed E-state index contributed by atoms with van der Waals surface area (Å²) in [5.74, 6) is 1.98. The van der Waals surface area contributed by atoms with Crippen LogP contribution >= 0.6 is 0 Å². The summed E-state index contributed by atoms with van der Waals surface area (Å²) in [5, 5.41) is 3.09. The van der Waals surface area contributed by atoms with E-state index < -0.39 is 10.0 Å². The standard InChI is InChI=1S/C15H19N7O2S/c1-12-20-15(10-21(12)2)25(23,24)19-6-5-16-13-9-14(18-11-17-13)22-7-3-4-8-22/h3-4,7-11,19H,5-6H2,1-2H3,(H,16,17,18). The van der Waals surface area contributed by atoms with Crippen LogP contribution in [-0.4, -0.2) is 45.6 Å². The molecule has 0 saturated carbocycles. The smallest absolute Gasteiger partial charge is 0.259 e. The number of hydrogen-bond acceptors (Lipinski definition) is 6. The van der Waals surface area contributed by atoms with Gasteiger partial charge in [0.2, 0.25) is 0 Å². The Labute approximate surface area is 145 Å². The van der Waals surface area contributed by atoms with Crippen molar-refractivity contribution >= 4 is 15.8 Å². The van der Waals surface area contributed by atoms with Crippen LogP contribution in [0.2, 0.25) is 0 Å². The Hall–Kier alpha value is -2.72. The van der Waals surface area contributed by atoms with Crippen molar-refractivity contribution in [3.05, 3.63) is 48.9 Å². The average molecular weight is 361 g/mol. The fourth-order valence-electron chi connectivity index (χ4n) is 2.18. The molecule has 0 bridgehead atoms. The van der Waals surface area contributed by atoms with Crippen molar-refractivity contribution in [3.63, 3.8) is 0 Å². The minimum absolute atomic E-state index is 0.0180. The van der Waals surface area contributed by atoms with E-state index in [1.807, 2.05) is 29.1 Å². The zero-order valence-electron chi connectivity index (χ0n) is 13.9. The minimum atomic E-state index is -3.62. The summed E-state index contributed by atoms with van der Waals surface area (Å²) in [7, 11) is -1.87. The zero-order chi connectivity index (χ0) is 17.9. The minimum Gasteiger partial charge on any atom is -0.369 e. The quantitative estimate of drug-likeness (QED) is 0.600. The van der Waals surface area contributed by atoms with Gasteiger partial charge in [0.1, 0.15) is 23.8 Å². The average Bonchev–Trinajstić information content (AvgIpc) is 3.23. The molecular weight excluding hydrogens is 342 g/mol. The molecule has 0 saturated heterocycles. The van der Waals surface area contributed by atoms with Gasteiger partial charge in [-0.25, -0.2) is 28.1 Å². The molecule has 0 aliphatic heterocycles. The molecule has 132 valence electrons. The number of anilines is 1. The Morgan fingerprint density at radius 3 is 2.60 bits per heavy atom. The Morgan fingerprint density at radius 2 is 1.92 bits per heavy atom. The number of aryl methyl sites for hydroxylation is 2. The van der Waals surface area contributed by atoms with Gasteiger partial charge >= 0.3 is 0 Å². The van der Waals surface area contributed by atoms with Gasteiger partial charge in [-0.1, -0.05) is 0 Å². The van der Waals surface area contributed by atoms with E-state index >= 15 is 0 Å². The van der Waals surface area contributed by atoms with Gasteiger partial charge in [-0.15, -0.1) is 0 Å². The molecular formula is C15H19N7O2S. The summed E-state index contributed by atoms with van der Waals surface area (Å²) >= 11 is 0. The molecule has 3 heterocycles. The second-order valence-electron chi connectivity index (χ2n) is 5.41. The monoisotopic (exact) mass is 361 g/mol. The lowest BCUT2D eigenvalue weighted by Crippen LogP contribution is -2.29. The van der Waals surface area contributed by atoms with Crippen LogP contribution in [0.1, 0.15) is 5.82 Å². The second-order valence-corrected chi connectivity index (χ2v) is 7.13. The molecule has 0 fully saturated rings. The number of imidazole rings is 1. The first kappa shape index (κ1) is 17.1. The van der Waals surface area contributed by atoms with Crippen molar-refractivity contribution in [1.82, 2.24) is 28.8 Å². The van der Waals surface area contributed by atoms with E-state index in [0.29, 0.717) is 18.2 Å². The summed E-state index contributed by atoms with van der Waals surface area (Å²) in [4.78, 5) is 12.3. The lowest BCUT2D eigenvalue weighted by Gasteiger charge is -2.08. The van der Waals surface area contributed by atoms with E-state index in [1.165, 1.54) is 12.5 Å². The molecule has 0 aliphatic rings. The van der Waals surface area contributed by atoms with E-state index in [9.17, 15) is 8.42 Å². The van der Waals surface area contributed by atoms with Crippen LogP contribution in [0.25, 0.3) is 5.82 Å². The molecule has 0 radical (unpaired) electrons. The number of hydrogen-bond donors (Lipinski definition) is 2. The van der Waals surface area contributed by atoms with Gasteiger partial charge in [-0.05, 0) is 19.1 Å². The Balaban J connectivity index is 1.56. The molecule has 2 N–H and O–H groups in total. The summed E-state index contributed by atoms with van der Waals surface area (Å²) < 4.78 is 30.4. The molecule has 10 heteroatoms. The molecule has 25 heavy (non-hydrogen) atoms. The highest BCUT2D eigenvalue weighted by Gasteiger charge is 2.17. The molecule has 0 spiro atoms. The van der Waals surface area contributed by atoms with Crippen LogP contribution in [0, 0.1) is 6.92 Å². The second kappa shape index (κ2) is 7.03. The molecule has 0 unspecified atom stereocenters. The van der Waals surface area contributed by atoms with Gasteiger partial charge in [-0.2, -0.15) is 0 Å². The third-order valence-electron chi connectivity index (χ3n) is 3.61. The van der Waals surface area contributed by atoms with Crippen molar-refractivity contribution in [3.8, 4) is 5.82 Å². The van der Waals surface area contributed by atoms with Gasteiger partial charge in [-0.3, -0.25) is 0 Å². The van der Waals surface area contributed by atoms with E-state index in [2.05, 4.69) is 25.0 Å². The zero-order valence-corrected chi connectivity index (χ0v) is 14.7. The first-order valence-corrected chi connectivity index (χ1v) is 9.13. The van der Waals surface area contributed by atoms with Crippen LogP contribution < -0.4 is 10.0 Å². The van der Waals surface area contributed by atoms with Crippen molar-refractivity contribution in [2.75, 3.05) is 18.4 Å². The number of nitrogens with one attached hydrogen (secondary N) is 2. The highest BCUT2D eigenvalue weighted by atomic mass is 32.2. The van der Waals surface area contributed by atoms with E-state index in [-0.39, 0.29) is 11.6 Å². The summed E-state index contributed by atoms with van der Waals surface area (Å²) in [6.45, 7) is 2.34. The first-order chi connectivity index (χ1) is 12.0. The topological polar surface area (TPSA) is 107 Å². The third-order valence-corrected chi connectivity index (χ3v) is 4.94. The van der Waals surface area contributed by atoms with Crippen molar-refractivity contribution < 1.29 is 8.42 Å². The predicted molar refractivity (Wildman–Crippen MR) is 93.0 cm³/mol. The van der Waals surface area contributed by atoms with Gasteiger partial charge in [0.25, 0.3) is 10.0 Å². The summed E-state index contributed by atoms with van der Waals surface area (Å²) in [5.41, 5.74) is 0. The predicted octanol–water partition coefficient (Wildman–Crippen LogP) is 0.700. The fourth-order valence-corrected chi connectivity index (χ4v) is 3.25. The van der Waals surface area contributed by atoms with Crippen LogP contribution in [-0.2, 0) is 17.1 Å². The number of sulfonamides is 1. The molecule has 0 atom stereocenters. The maximum atomic E-state index is 12.2. The Morgan fingerprint density at radius 1 is 1.16 bits per heavy atom.